The zero-order valence-corrected chi connectivity index (χ0v) is 16.7. The van der Waals surface area contributed by atoms with Crippen LogP contribution in [0.25, 0.3) is 0 Å². The summed E-state index contributed by atoms with van der Waals surface area (Å²) in [6.45, 7) is 4.44. The fourth-order valence-electron chi connectivity index (χ4n) is 3.35. The number of hydrogen-bond donors (Lipinski definition) is 0. The highest BCUT2D eigenvalue weighted by molar-refractivity contribution is 5.49. The predicted octanol–water partition coefficient (Wildman–Crippen LogP) is 5.02. The molecule has 142 valence electrons. The molecule has 0 aliphatic carbocycles. The molecular formula is C22H30O4. The van der Waals surface area contributed by atoms with Gasteiger partial charge in [0.25, 0.3) is 0 Å². The van der Waals surface area contributed by atoms with E-state index >= 15 is 0 Å². The van der Waals surface area contributed by atoms with Gasteiger partial charge in [0.05, 0.1) is 28.4 Å². The molecule has 26 heavy (non-hydrogen) atoms. The second-order valence-corrected chi connectivity index (χ2v) is 6.45. The highest BCUT2D eigenvalue weighted by Crippen LogP contribution is 2.36. The molecule has 0 heterocycles. The van der Waals surface area contributed by atoms with Gasteiger partial charge in [-0.25, -0.2) is 0 Å². The van der Waals surface area contributed by atoms with Crippen LogP contribution in [-0.2, 0) is 12.8 Å². The van der Waals surface area contributed by atoms with E-state index in [1.54, 1.807) is 28.4 Å². The van der Waals surface area contributed by atoms with Gasteiger partial charge in [-0.05, 0) is 59.7 Å². The number of hydrogen-bond acceptors (Lipinski definition) is 4. The highest BCUT2D eigenvalue weighted by atomic mass is 16.5. The van der Waals surface area contributed by atoms with Crippen LogP contribution in [0.5, 0.6) is 23.0 Å². The van der Waals surface area contributed by atoms with Gasteiger partial charge in [-0.15, -0.1) is 0 Å². The van der Waals surface area contributed by atoms with Crippen molar-refractivity contribution in [1.29, 1.82) is 0 Å². The van der Waals surface area contributed by atoms with E-state index in [2.05, 4.69) is 38.1 Å². The third-order valence-electron chi connectivity index (χ3n) is 4.69. The van der Waals surface area contributed by atoms with Crippen LogP contribution >= 0.6 is 0 Å². The summed E-state index contributed by atoms with van der Waals surface area (Å²) < 4.78 is 21.8. The van der Waals surface area contributed by atoms with Crippen LogP contribution in [0.15, 0.2) is 30.3 Å². The summed E-state index contributed by atoms with van der Waals surface area (Å²) in [7, 11) is 6.68. The lowest BCUT2D eigenvalue weighted by molar-refractivity contribution is 0.353. The molecular weight excluding hydrogens is 328 g/mol. The summed E-state index contributed by atoms with van der Waals surface area (Å²) in [6, 6.07) is 10.3. The number of ether oxygens (including phenoxy) is 4. The van der Waals surface area contributed by atoms with Gasteiger partial charge in [-0.3, -0.25) is 0 Å². The minimum absolute atomic E-state index is 0.342. The van der Waals surface area contributed by atoms with Crippen molar-refractivity contribution >= 4 is 0 Å². The lowest BCUT2D eigenvalue weighted by Gasteiger charge is -2.20. The van der Waals surface area contributed by atoms with Gasteiger partial charge in [-0.2, -0.15) is 0 Å². The normalized spacial score (nSPS) is 11.8. The topological polar surface area (TPSA) is 36.9 Å². The molecule has 0 fully saturated rings. The second kappa shape index (κ2) is 9.37. The predicted molar refractivity (Wildman–Crippen MR) is 105 cm³/mol. The molecule has 0 aliphatic rings. The Labute approximate surface area is 157 Å². The molecule has 4 nitrogen and oxygen atoms in total. The van der Waals surface area contributed by atoms with E-state index < -0.39 is 0 Å². The van der Waals surface area contributed by atoms with Gasteiger partial charge in [0.15, 0.2) is 23.0 Å². The maximum atomic E-state index is 5.52. The van der Waals surface area contributed by atoms with E-state index in [9.17, 15) is 0 Å². The summed E-state index contributed by atoms with van der Waals surface area (Å²) >= 11 is 0. The molecule has 2 rings (SSSR count). The van der Waals surface area contributed by atoms with E-state index in [-0.39, 0.29) is 0 Å². The Morgan fingerprint density at radius 3 is 1.92 bits per heavy atom. The summed E-state index contributed by atoms with van der Waals surface area (Å²) in [5.41, 5.74) is 3.84. The Morgan fingerprint density at radius 2 is 1.35 bits per heavy atom. The maximum Gasteiger partial charge on any atom is 0.161 e. The van der Waals surface area contributed by atoms with Crippen molar-refractivity contribution in [3.8, 4) is 23.0 Å². The number of benzene rings is 2. The number of aryl methyl sites for hydroxylation is 1. The number of methoxy groups -OCH3 is 4. The fraction of sp³-hybridized carbons (Fsp3) is 0.455. The van der Waals surface area contributed by atoms with E-state index in [0.717, 1.165) is 42.3 Å². The third-order valence-corrected chi connectivity index (χ3v) is 4.69. The Kier molecular flexibility index (Phi) is 7.19. The molecule has 0 aromatic heterocycles. The molecule has 0 bridgehead atoms. The quantitative estimate of drug-likeness (QED) is 0.631. The van der Waals surface area contributed by atoms with E-state index in [1.165, 1.54) is 16.7 Å². The van der Waals surface area contributed by atoms with Gasteiger partial charge in [-0.1, -0.05) is 26.3 Å². The summed E-state index contributed by atoms with van der Waals surface area (Å²) in [5, 5.41) is 0. The second-order valence-electron chi connectivity index (χ2n) is 6.45. The minimum atomic E-state index is 0.342. The highest BCUT2D eigenvalue weighted by Gasteiger charge is 2.17. The smallest absolute Gasteiger partial charge is 0.161 e. The molecule has 2 aromatic rings. The first kappa shape index (κ1) is 20.0. The monoisotopic (exact) mass is 358 g/mol. The lowest BCUT2D eigenvalue weighted by Crippen LogP contribution is -2.05. The van der Waals surface area contributed by atoms with Crippen molar-refractivity contribution in [2.45, 2.75) is 39.0 Å². The number of rotatable bonds is 9. The van der Waals surface area contributed by atoms with Crippen LogP contribution in [0.1, 0.15) is 42.9 Å². The van der Waals surface area contributed by atoms with Crippen molar-refractivity contribution in [2.75, 3.05) is 28.4 Å². The Balaban J connectivity index is 2.34. The van der Waals surface area contributed by atoms with Gasteiger partial charge in [0, 0.05) is 0 Å². The Hall–Kier alpha value is -2.36. The van der Waals surface area contributed by atoms with Gasteiger partial charge >= 0.3 is 0 Å². The van der Waals surface area contributed by atoms with Crippen LogP contribution < -0.4 is 18.9 Å². The molecule has 4 heteroatoms. The molecule has 0 saturated carbocycles. The van der Waals surface area contributed by atoms with Crippen LogP contribution in [-0.4, -0.2) is 28.4 Å². The molecule has 1 unspecified atom stereocenters. The van der Waals surface area contributed by atoms with Gasteiger partial charge in [0.2, 0.25) is 0 Å². The zero-order chi connectivity index (χ0) is 19.1. The molecule has 1 atom stereocenters. The van der Waals surface area contributed by atoms with Crippen LogP contribution in [0, 0.1) is 0 Å². The lowest BCUT2D eigenvalue weighted by atomic mass is 9.88. The summed E-state index contributed by atoms with van der Waals surface area (Å²) in [5.74, 6) is 3.42. The van der Waals surface area contributed by atoms with Crippen molar-refractivity contribution in [1.82, 2.24) is 0 Å². The molecule has 0 N–H and O–H groups in total. The van der Waals surface area contributed by atoms with Crippen LogP contribution in [0.2, 0.25) is 0 Å². The van der Waals surface area contributed by atoms with Gasteiger partial charge < -0.3 is 18.9 Å². The van der Waals surface area contributed by atoms with E-state index in [1.807, 2.05) is 6.07 Å². The minimum Gasteiger partial charge on any atom is -0.493 e. The molecule has 0 aliphatic heterocycles. The first-order valence-electron chi connectivity index (χ1n) is 9.03. The van der Waals surface area contributed by atoms with Crippen molar-refractivity contribution in [3.63, 3.8) is 0 Å². The third kappa shape index (κ3) is 4.43. The first-order chi connectivity index (χ1) is 12.6. The fourth-order valence-corrected chi connectivity index (χ4v) is 3.35. The Morgan fingerprint density at radius 1 is 0.769 bits per heavy atom. The van der Waals surface area contributed by atoms with E-state index in [4.69, 9.17) is 18.9 Å². The largest absolute Gasteiger partial charge is 0.493 e. The molecule has 0 radical (unpaired) electrons. The van der Waals surface area contributed by atoms with Crippen molar-refractivity contribution in [2.24, 2.45) is 0 Å². The van der Waals surface area contributed by atoms with Crippen molar-refractivity contribution < 1.29 is 18.9 Å². The maximum absolute atomic E-state index is 5.52. The first-order valence-corrected chi connectivity index (χ1v) is 9.03. The van der Waals surface area contributed by atoms with Crippen LogP contribution in [0.4, 0.5) is 0 Å². The summed E-state index contributed by atoms with van der Waals surface area (Å²) in [4.78, 5) is 0. The molecule has 0 saturated heterocycles. The SMILES string of the molecule is CCCc1cc(OC)c(OC)cc1C(C)Cc1ccc(OC)c(OC)c1. The molecule has 2 aromatic carbocycles. The Bertz CT molecular complexity index is 724. The van der Waals surface area contributed by atoms with Crippen LogP contribution in [0.3, 0.4) is 0 Å². The zero-order valence-electron chi connectivity index (χ0n) is 16.7. The average molecular weight is 358 g/mol. The standard InChI is InChI=1S/C22H30O4/c1-7-8-17-13-21(25-5)22(26-6)14-18(17)15(2)11-16-9-10-19(23-3)20(12-16)24-4/h9-10,12-15H,7-8,11H2,1-6H3. The summed E-state index contributed by atoms with van der Waals surface area (Å²) in [6.07, 6.45) is 3.02. The molecule has 0 amide bonds. The van der Waals surface area contributed by atoms with Gasteiger partial charge in [0.1, 0.15) is 0 Å². The van der Waals surface area contributed by atoms with Crippen molar-refractivity contribution in [3.05, 3.63) is 47.0 Å². The van der Waals surface area contributed by atoms with E-state index in [0.29, 0.717) is 5.92 Å². The molecule has 0 spiro atoms. The average Bonchev–Trinajstić information content (AvgIpc) is 2.67.